The first-order chi connectivity index (χ1) is 15.1. The van der Waals surface area contributed by atoms with Gasteiger partial charge in [-0.25, -0.2) is 0 Å². The predicted octanol–water partition coefficient (Wildman–Crippen LogP) is 4.58. The van der Waals surface area contributed by atoms with E-state index in [9.17, 15) is 4.79 Å². The number of hydrogen-bond acceptors (Lipinski definition) is 7. The summed E-state index contributed by atoms with van der Waals surface area (Å²) in [7, 11) is 4.77. The average molecular weight is 459 g/mol. The highest BCUT2D eigenvalue weighted by Gasteiger charge is 2.17. The summed E-state index contributed by atoms with van der Waals surface area (Å²) in [5.41, 5.74) is 1.47. The van der Waals surface area contributed by atoms with Gasteiger partial charge < -0.3 is 23.2 Å². The van der Waals surface area contributed by atoms with Crippen molar-refractivity contribution >= 4 is 50.2 Å². The largest absolute Gasteiger partial charge is 0.493 e. The lowest BCUT2D eigenvalue weighted by molar-refractivity contribution is 0.0973. The molecule has 0 radical (unpaired) electrons. The second-order valence-corrected chi connectivity index (χ2v) is 8.60. The number of thiazole rings is 1. The number of methoxy groups -OCH3 is 3. The summed E-state index contributed by atoms with van der Waals surface area (Å²) in [5.74, 6) is 2.45. The molecule has 162 valence electrons. The third-order valence-corrected chi connectivity index (χ3v) is 6.47. The Hall–Kier alpha value is -2.91. The number of nitrogens with zero attached hydrogens (tertiary/aromatic N) is 2. The van der Waals surface area contributed by atoms with Crippen LogP contribution in [0.15, 0.2) is 45.8 Å². The molecule has 2 aromatic heterocycles. The minimum atomic E-state index is -0.443. The van der Waals surface area contributed by atoms with Gasteiger partial charge in [-0.15, -0.1) is 0 Å². The lowest BCUT2D eigenvalue weighted by Gasteiger charge is -2.09. The highest BCUT2D eigenvalue weighted by atomic mass is 32.2. The second kappa shape index (κ2) is 9.07. The van der Waals surface area contributed by atoms with E-state index in [0.29, 0.717) is 34.2 Å². The number of amides is 1. The third-order valence-electron chi connectivity index (χ3n) is 4.84. The van der Waals surface area contributed by atoms with Gasteiger partial charge in [0.1, 0.15) is 0 Å². The van der Waals surface area contributed by atoms with Gasteiger partial charge in [0, 0.05) is 29.8 Å². The molecular weight excluding hydrogens is 436 g/mol. The van der Waals surface area contributed by atoms with Gasteiger partial charge in [-0.3, -0.25) is 4.79 Å². The quantitative estimate of drug-likeness (QED) is 0.404. The van der Waals surface area contributed by atoms with Crippen LogP contribution in [0.1, 0.15) is 10.6 Å². The molecule has 9 heteroatoms. The van der Waals surface area contributed by atoms with E-state index in [4.69, 9.17) is 18.6 Å². The van der Waals surface area contributed by atoms with Crippen molar-refractivity contribution in [2.75, 3.05) is 33.3 Å². The summed E-state index contributed by atoms with van der Waals surface area (Å²) in [4.78, 5) is 18.0. The van der Waals surface area contributed by atoms with Crippen LogP contribution in [0.25, 0.3) is 21.2 Å². The minimum Gasteiger partial charge on any atom is -0.493 e. The fourth-order valence-electron chi connectivity index (χ4n) is 3.33. The lowest BCUT2D eigenvalue weighted by Crippen LogP contribution is -2.18. The number of fused-ring (bicyclic) bond motifs is 2. The number of furan rings is 1. The maximum atomic E-state index is 13.0. The van der Waals surface area contributed by atoms with Crippen molar-refractivity contribution < 1.29 is 23.4 Å². The number of thioether (sulfide) groups is 1. The Bertz CT molecular complexity index is 1320. The van der Waals surface area contributed by atoms with Crippen LogP contribution >= 0.6 is 23.1 Å². The van der Waals surface area contributed by atoms with Gasteiger partial charge in [-0.1, -0.05) is 23.5 Å². The van der Waals surface area contributed by atoms with E-state index in [2.05, 4.69) is 4.99 Å². The van der Waals surface area contributed by atoms with E-state index in [1.54, 1.807) is 45.2 Å². The summed E-state index contributed by atoms with van der Waals surface area (Å²) in [5, 5.41) is 0.791. The molecule has 0 spiro atoms. The summed E-state index contributed by atoms with van der Waals surface area (Å²) in [6, 6.07) is 11.0. The van der Waals surface area contributed by atoms with E-state index in [-0.39, 0.29) is 5.76 Å². The van der Waals surface area contributed by atoms with E-state index >= 15 is 0 Å². The normalized spacial score (nSPS) is 11.9. The third kappa shape index (κ3) is 4.03. The number of ether oxygens (including phenoxy) is 3. The minimum absolute atomic E-state index is 0.170. The molecule has 2 heterocycles. The maximum Gasteiger partial charge on any atom is 0.315 e. The molecule has 0 N–H and O–H groups in total. The predicted molar refractivity (Wildman–Crippen MR) is 124 cm³/mol. The van der Waals surface area contributed by atoms with Crippen LogP contribution in [0.4, 0.5) is 0 Å². The van der Waals surface area contributed by atoms with Crippen molar-refractivity contribution in [1.29, 1.82) is 0 Å². The highest BCUT2D eigenvalue weighted by Crippen LogP contribution is 2.33. The molecule has 1 amide bonds. The summed E-state index contributed by atoms with van der Waals surface area (Å²) in [6.45, 7) is 0.705. The number of aryl methyl sites for hydroxylation is 1. The van der Waals surface area contributed by atoms with Gasteiger partial charge in [-0.2, -0.15) is 16.8 Å². The molecule has 7 nitrogen and oxygen atoms in total. The zero-order chi connectivity index (χ0) is 22.0. The van der Waals surface area contributed by atoms with Gasteiger partial charge in [0.2, 0.25) is 0 Å². The standard InChI is InChI=1S/C22H22N2O5S2/c1-26-15-7-5-6-13-10-18(29-20(13)15)21(25)23-22-24(8-9-30-4)14-11-16(27-2)17(28-3)12-19(14)31-22/h5-7,10-12H,8-9H2,1-4H3. The van der Waals surface area contributed by atoms with Crippen LogP contribution < -0.4 is 19.0 Å². The first-order valence-electron chi connectivity index (χ1n) is 9.49. The van der Waals surface area contributed by atoms with Crippen LogP contribution in [0.3, 0.4) is 0 Å². The van der Waals surface area contributed by atoms with Crippen LogP contribution in [-0.2, 0) is 6.54 Å². The molecule has 0 saturated heterocycles. The van der Waals surface area contributed by atoms with E-state index in [1.807, 2.05) is 35.1 Å². The summed E-state index contributed by atoms with van der Waals surface area (Å²) >= 11 is 3.15. The zero-order valence-electron chi connectivity index (χ0n) is 17.6. The monoisotopic (exact) mass is 458 g/mol. The fraction of sp³-hybridized carbons (Fsp3) is 0.273. The summed E-state index contributed by atoms with van der Waals surface area (Å²) in [6.07, 6.45) is 2.04. The highest BCUT2D eigenvalue weighted by molar-refractivity contribution is 7.98. The van der Waals surface area contributed by atoms with Crippen molar-refractivity contribution in [3.63, 3.8) is 0 Å². The van der Waals surface area contributed by atoms with Crippen LogP contribution in [0.5, 0.6) is 17.2 Å². The van der Waals surface area contributed by atoms with Gasteiger partial charge in [0.15, 0.2) is 33.4 Å². The van der Waals surface area contributed by atoms with Crippen LogP contribution in [-0.4, -0.2) is 43.8 Å². The molecule has 0 aliphatic rings. The Kier molecular flexibility index (Phi) is 6.24. The number of rotatable bonds is 7. The summed E-state index contributed by atoms with van der Waals surface area (Å²) < 4.78 is 25.0. The number of carbonyl (C=O) groups excluding carboxylic acids is 1. The van der Waals surface area contributed by atoms with Crippen molar-refractivity contribution in [3.8, 4) is 17.2 Å². The van der Waals surface area contributed by atoms with Crippen LogP contribution in [0.2, 0.25) is 0 Å². The first-order valence-corrected chi connectivity index (χ1v) is 11.7. The number of carbonyl (C=O) groups is 1. The Morgan fingerprint density at radius 3 is 2.55 bits per heavy atom. The molecule has 0 bridgehead atoms. The SMILES string of the molecule is COc1cc2sc(=NC(=O)c3cc4cccc(OC)c4o3)n(CCSC)c2cc1OC. The van der Waals surface area contributed by atoms with Crippen molar-refractivity contribution in [2.24, 2.45) is 4.99 Å². The molecule has 0 aliphatic carbocycles. The van der Waals surface area contributed by atoms with Crippen LogP contribution in [0, 0.1) is 0 Å². The van der Waals surface area contributed by atoms with E-state index in [0.717, 1.165) is 21.4 Å². The zero-order valence-corrected chi connectivity index (χ0v) is 19.3. The van der Waals surface area contributed by atoms with Gasteiger partial charge in [0.25, 0.3) is 0 Å². The van der Waals surface area contributed by atoms with Crippen molar-refractivity contribution in [1.82, 2.24) is 4.57 Å². The number of benzene rings is 2. The number of aromatic nitrogens is 1. The molecule has 4 aromatic rings. The molecule has 31 heavy (non-hydrogen) atoms. The number of hydrogen-bond donors (Lipinski definition) is 0. The average Bonchev–Trinajstić information content (AvgIpc) is 3.37. The van der Waals surface area contributed by atoms with E-state index in [1.165, 1.54) is 11.3 Å². The molecule has 0 fully saturated rings. The Morgan fingerprint density at radius 1 is 1.10 bits per heavy atom. The van der Waals surface area contributed by atoms with E-state index < -0.39 is 5.91 Å². The van der Waals surface area contributed by atoms with Gasteiger partial charge in [0.05, 0.1) is 31.5 Å². The lowest BCUT2D eigenvalue weighted by atomic mass is 10.2. The molecule has 0 unspecified atom stereocenters. The number of para-hydroxylation sites is 1. The molecular formula is C22H22N2O5S2. The Labute approximate surface area is 187 Å². The molecule has 0 aliphatic heterocycles. The molecule has 0 saturated carbocycles. The first kappa shape index (κ1) is 21.3. The topological polar surface area (TPSA) is 75.2 Å². The van der Waals surface area contributed by atoms with Gasteiger partial charge in [-0.05, 0) is 18.4 Å². The Morgan fingerprint density at radius 2 is 1.84 bits per heavy atom. The molecule has 0 atom stereocenters. The Balaban J connectivity index is 1.84. The van der Waals surface area contributed by atoms with Crippen molar-refractivity contribution in [2.45, 2.75) is 6.54 Å². The molecule has 2 aromatic carbocycles. The van der Waals surface area contributed by atoms with Gasteiger partial charge >= 0.3 is 5.91 Å². The maximum absolute atomic E-state index is 13.0. The fourth-order valence-corrected chi connectivity index (χ4v) is 4.75. The molecule has 4 rings (SSSR count). The second-order valence-electron chi connectivity index (χ2n) is 6.61. The van der Waals surface area contributed by atoms with Crippen molar-refractivity contribution in [3.05, 3.63) is 47.0 Å². The smallest absolute Gasteiger partial charge is 0.315 e.